The zero-order valence-electron chi connectivity index (χ0n) is 5.60. The molecule has 50 valence electrons. The lowest BCUT2D eigenvalue weighted by molar-refractivity contribution is 0.112. The highest BCUT2D eigenvalue weighted by Gasteiger charge is 1.94. The van der Waals surface area contributed by atoms with Crippen LogP contribution in [0.15, 0.2) is 22.7 Å². The first-order valence-electron chi connectivity index (χ1n) is 2.95. The van der Waals surface area contributed by atoms with Gasteiger partial charge in [0.1, 0.15) is 14.1 Å². The molecule has 1 rings (SSSR count). The number of hydrogen-bond donors (Lipinski definition) is 0. The van der Waals surface area contributed by atoms with Gasteiger partial charge in [-0.1, -0.05) is 27.5 Å². The van der Waals surface area contributed by atoms with Gasteiger partial charge in [-0.15, -0.1) is 0 Å². The van der Waals surface area contributed by atoms with Crippen molar-refractivity contribution in [3.05, 3.63) is 28.2 Å². The number of aldehydes is 1. The molecule has 0 saturated heterocycles. The molecule has 0 aliphatic rings. The molecule has 1 aromatic carbocycles. The molecule has 1 aromatic rings. The minimum atomic E-state index is 0.745. The maximum absolute atomic E-state index is 10.4. The third-order valence-electron chi connectivity index (χ3n) is 1.37. The van der Waals surface area contributed by atoms with Crippen LogP contribution in [0.2, 0.25) is 0 Å². The van der Waals surface area contributed by atoms with Gasteiger partial charge in [0.25, 0.3) is 0 Å². The molecule has 0 saturated carbocycles. The molecule has 1 nitrogen and oxygen atoms in total. The van der Waals surface area contributed by atoms with Crippen molar-refractivity contribution >= 4 is 35.5 Å². The van der Waals surface area contributed by atoms with Gasteiger partial charge in [0.05, 0.1) is 0 Å². The van der Waals surface area contributed by atoms with Crippen molar-refractivity contribution in [1.82, 2.24) is 0 Å². The fraction of sp³-hybridized carbons (Fsp3) is 0. The summed E-state index contributed by atoms with van der Waals surface area (Å²) in [5.74, 6) is 0. The van der Waals surface area contributed by atoms with Gasteiger partial charge in [-0.2, -0.15) is 0 Å². The molecule has 0 aliphatic heterocycles. The van der Waals surface area contributed by atoms with Crippen molar-refractivity contribution in [3.63, 3.8) is 0 Å². The predicted molar refractivity (Wildman–Crippen MR) is 47.7 cm³/mol. The van der Waals surface area contributed by atoms with E-state index in [4.69, 9.17) is 0 Å². The standard InChI is InChI=1S/C7H6BBrO/c8-7-2-1-6(9)3-5(7)4-10/h1-4H,8H2. The minimum Gasteiger partial charge on any atom is -0.298 e. The zero-order chi connectivity index (χ0) is 7.56. The van der Waals surface area contributed by atoms with E-state index in [-0.39, 0.29) is 0 Å². The topological polar surface area (TPSA) is 17.1 Å². The highest BCUT2D eigenvalue weighted by atomic mass is 79.9. The quantitative estimate of drug-likeness (QED) is 0.473. The summed E-state index contributed by atoms with van der Waals surface area (Å²) in [5.41, 5.74) is 1.76. The highest BCUT2D eigenvalue weighted by Crippen LogP contribution is 2.07. The maximum Gasteiger partial charge on any atom is 0.149 e. The lowest BCUT2D eigenvalue weighted by Gasteiger charge is -1.96. The van der Waals surface area contributed by atoms with Gasteiger partial charge in [-0.25, -0.2) is 0 Å². The van der Waals surface area contributed by atoms with Gasteiger partial charge in [0.2, 0.25) is 0 Å². The van der Waals surface area contributed by atoms with E-state index in [2.05, 4.69) is 15.9 Å². The third-order valence-corrected chi connectivity index (χ3v) is 1.86. The molecule has 0 radical (unpaired) electrons. The Kier molecular flexibility index (Phi) is 2.27. The molecule has 0 atom stereocenters. The molecule has 0 unspecified atom stereocenters. The van der Waals surface area contributed by atoms with Crippen molar-refractivity contribution in [2.75, 3.05) is 0 Å². The molecule has 0 fully saturated rings. The van der Waals surface area contributed by atoms with Crippen molar-refractivity contribution < 1.29 is 4.79 Å². The second-order valence-corrected chi connectivity index (χ2v) is 3.03. The Morgan fingerprint density at radius 2 is 2.20 bits per heavy atom. The first-order chi connectivity index (χ1) is 4.74. The van der Waals surface area contributed by atoms with E-state index in [0.717, 1.165) is 21.8 Å². The number of rotatable bonds is 1. The van der Waals surface area contributed by atoms with E-state index in [0.29, 0.717) is 0 Å². The average Bonchev–Trinajstić information content (AvgIpc) is 1.94. The van der Waals surface area contributed by atoms with Gasteiger partial charge in [0.15, 0.2) is 0 Å². The summed E-state index contributed by atoms with van der Waals surface area (Å²) < 4.78 is 0.945. The van der Waals surface area contributed by atoms with Crippen molar-refractivity contribution in [3.8, 4) is 0 Å². The summed E-state index contributed by atoms with van der Waals surface area (Å²) in [6.07, 6.45) is 0.861. The minimum absolute atomic E-state index is 0.745. The van der Waals surface area contributed by atoms with E-state index in [1.165, 1.54) is 0 Å². The second kappa shape index (κ2) is 3.02. The molecular formula is C7H6BBrO. The van der Waals surface area contributed by atoms with Crippen molar-refractivity contribution in [2.24, 2.45) is 0 Å². The van der Waals surface area contributed by atoms with Gasteiger partial charge in [-0.3, -0.25) is 4.79 Å². The van der Waals surface area contributed by atoms with Crippen LogP contribution in [0.4, 0.5) is 0 Å². The monoisotopic (exact) mass is 196 g/mol. The van der Waals surface area contributed by atoms with E-state index in [1.54, 1.807) is 0 Å². The van der Waals surface area contributed by atoms with E-state index < -0.39 is 0 Å². The fourth-order valence-electron chi connectivity index (χ4n) is 0.738. The van der Waals surface area contributed by atoms with E-state index >= 15 is 0 Å². The van der Waals surface area contributed by atoms with Crippen LogP contribution in [0.5, 0.6) is 0 Å². The maximum atomic E-state index is 10.4. The summed E-state index contributed by atoms with van der Waals surface area (Å²) in [4.78, 5) is 10.4. The van der Waals surface area contributed by atoms with Gasteiger partial charge in [0, 0.05) is 10.0 Å². The number of hydrogen-bond acceptors (Lipinski definition) is 1. The summed E-state index contributed by atoms with van der Waals surface area (Å²) >= 11 is 3.28. The molecule has 0 spiro atoms. The Hall–Kier alpha value is -0.565. The normalized spacial score (nSPS) is 9.30. The van der Waals surface area contributed by atoms with Gasteiger partial charge >= 0.3 is 0 Å². The average molecular weight is 197 g/mol. The van der Waals surface area contributed by atoms with Crippen LogP contribution in [0.1, 0.15) is 10.4 Å². The molecule has 3 heteroatoms. The van der Waals surface area contributed by atoms with E-state index in [1.807, 2.05) is 26.0 Å². The summed E-state index contributed by atoms with van der Waals surface area (Å²) in [7, 11) is 1.91. The Labute approximate surface area is 69.0 Å². The Bertz CT molecular complexity index is 260. The number of carbonyl (C=O) groups excluding carboxylic acids is 1. The summed E-state index contributed by atoms with van der Waals surface area (Å²) in [5, 5.41) is 0. The largest absolute Gasteiger partial charge is 0.298 e. The smallest absolute Gasteiger partial charge is 0.149 e. The van der Waals surface area contributed by atoms with Crippen LogP contribution in [0, 0.1) is 0 Å². The first kappa shape index (κ1) is 7.54. The van der Waals surface area contributed by atoms with Crippen molar-refractivity contribution in [1.29, 1.82) is 0 Å². The fourth-order valence-corrected chi connectivity index (χ4v) is 1.12. The summed E-state index contributed by atoms with van der Waals surface area (Å²) in [6.45, 7) is 0. The molecule has 0 N–H and O–H groups in total. The van der Waals surface area contributed by atoms with Crippen LogP contribution in [-0.4, -0.2) is 14.1 Å². The predicted octanol–water partition coefficient (Wildman–Crippen LogP) is 0.520. The molecule has 0 bridgehead atoms. The molecule has 0 aromatic heterocycles. The third kappa shape index (κ3) is 1.48. The Morgan fingerprint density at radius 3 is 2.70 bits per heavy atom. The number of benzene rings is 1. The summed E-state index contributed by atoms with van der Waals surface area (Å²) in [6, 6.07) is 5.64. The van der Waals surface area contributed by atoms with Crippen LogP contribution >= 0.6 is 15.9 Å². The van der Waals surface area contributed by atoms with Crippen LogP contribution < -0.4 is 5.46 Å². The number of carbonyl (C=O) groups is 1. The van der Waals surface area contributed by atoms with Crippen LogP contribution in [0.25, 0.3) is 0 Å². The lowest BCUT2D eigenvalue weighted by atomic mass is 9.91. The molecule has 0 heterocycles. The van der Waals surface area contributed by atoms with Crippen LogP contribution in [-0.2, 0) is 0 Å². The van der Waals surface area contributed by atoms with Crippen LogP contribution in [0.3, 0.4) is 0 Å². The zero-order valence-corrected chi connectivity index (χ0v) is 7.18. The van der Waals surface area contributed by atoms with Gasteiger partial charge in [-0.05, 0) is 12.1 Å². The van der Waals surface area contributed by atoms with E-state index in [9.17, 15) is 4.79 Å². The first-order valence-corrected chi connectivity index (χ1v) is 3.74. The lowest BCUT2D eigenvalue weighted by Crippen LogP contribution is -2.08. The highest BCUT2D eigenvalue weighted by molar-refractivity contribution is 9.10. The molecule has 0 amide bonds. The molecule has 10 heavy (non-hydrogen) atoms. The Balaban J connectivity index is 3.21. The SMILES string of the molecule is Bc1ccc(Br)cc1C=O. The molecular weight excluding hydrogens is 191 g/mol. The number of halogens is 1. The second-order valence-electron chi connectivity index (χ2n) is 2.12. The molecule has 0 aliphatic carbocycles. The van der Waals surface area contributed by atoms with Crippen molar-refractivity contribution in [2.45, 2.75) is 0 Å². The Morgan fingerprint density at radius 1 is 1.50 bits per heavy atom. The van der Waals surface area contributed by atoms with Gasteiger partial charge < -0.3 is 0 Å².